The van der Waals surface area contributed by atoms with Crippen molar-refractivity contribution in [3.8, 4) is 29.6 Å². The average Bonchev–Trinajstić information content (AvgIpc) is 3.21. The summed E-state index contributed by atoms with van der Waals surface area (Å²) < 4.78 is 24.0. The van der Waals surface area contributed by atoms with Crippen molar-refractivity contribution >= 4 is 35.0 Å². The van der Waals surface area contributed by atoms with Gasteiger partial charge >= 0.3 is 5.97 Å². The Balaban J connectivity index is 1.88. The highest BCUT2D eigenvalue weighted by atomic mass is 35.5. The highest BCUT2D eigenvalue weighted by Gasteiger charge is 2.33. The van der Waals surface area contributed by atoms with E-state index in [0.717, 1.165) is 5.56 Å². The van der Waals surface area contributed by atoms with Crippen LogP contribution >= 0.6 is 22.9 Å². The molecule has 1 atom stereocenters. The number of carbonyl (C=O) groups is 1. The van der Waals surface area contributed by atoms with Crippen LogP contribution in [0.1, 0.15) is 44.9 Å². The van der Waals surface area contributed by atoms with Gasteiger partial charge in [0.25, 0.3) is 5.56 Å². The SMILES string of the molecule is C#CCOc1c(Cl)cc(/C=c2/sc3n(c2=O)[C@@H](c2ccc(OCC)cc2)C(C(=O)OC(C)C)=C(C)N=3)cc1OC. The number of carbonyl (C=O) groups excluding carboxylic acids is 1. The number of nitrogens with zero attached hydrogens (tertiary/aromatic N) is 2. The van der Waals surface area contributed by atoms with E-state index in [0.29, 0.717) is 50.0 Å². The van der Waals surface area contributed by atoms with Gasteiger partial charge < -0.3 is 18.9 Å². The smallest absolute Gasteiger partial charge is 0.338 e. The normalized spacial score (nSPS) is 14.8. The van der Waals surface area contributed by atoms with E-state index in [-0.39, 0.29) is 23.3 Å². The minimum absolute atomic E-state index is 0.0283. The lowest BCUT2D eigenvalue weighted by Crippen LogP contribution is -2.40. The average molecular weight is 581 g/mol. The summed E-state index contributed by atoms with van der Waals surface area (Å²) in [6.07, 6.45) is 6.66. The largest absolute Gasteiger partial charge is 0.494 e. The molecule has 0 spiro atoms. The molecule has 10 heteroatoms. The number of rotatable bonds is 9. The molecule has 40 heavy (non-hydrogen) atoms. The third kappa shape index (κ3) is 5.93. The predicted molar refractivity (Wildman–Crippen MR) is 155 cm³/mol. The molecule has 8 nitrogen and oxygen atoms in total. The first-order chi connectivity index (χ1) is 19.2. The van der Waals surface area contributed by atoms with Crippen molar-refractivity contribution in [2.45, 2.75) is 39.8 Å². The lowest BCUT2D eigenvalue weighted by Gasteiger charge is -2.25. The second-order valence-electron chi connectivity index (χ2n) is 9.06. The molecular formula is C30H29ClN2O6S. The molecule has 0 saturated carbocycles. The highest BCUT2D eigenvalue weighted by molar-refractivity contribution is 7.07. The minimum Gasteiger partial charge on any atom is -0.494 e. The fourth-order valence-electron chi connectivity index (χ4n) is 4.32. The Kier molecular flexibility index (Phi) is 9.03. The van der Waals surface area contributed by atoms with Crippen molar-refractivity contribution in [3.63, 3.8) is 0 Å². The summed E-state index contributed by atoms with van der Waals surface area (Å²) in [7, 11) is 1.49. The Bertz CT molecular complexity index is 1680. The van der Waals surface area contributed by atoms with E-state index in [1.165, 1.54) is 23.0 Å². The lowest BCUT2D eigenvalue weighted by molar-refractivity contribution is -0.143. The maximum Gasteiger partial charge on any atom is 0.338 e. The van der Waals surface area contributed by atoms with Crippen molar-refractivity contribution in [2.24, 2.45) is 4.99 Å². The number of benzene rings is 2. The number of ether oxygens (including phenoxy) is 4. The van der Waals surface area contributed by atoms with Gasteiger partial charge in [-0.15, -0.1) is 6.42 Å². The number of fused-ring (bicyclic) bond motifs is 1. The van der Waals surface area contributed by atoms with E-state index in [1.807, 2.05) is 31.2 Å². The molecule has 0 saturated heterocycles. The number of hydrogen-bond donors (Lipinski definition) is 0. The van der Waals surface area contributed by atoms with Crippen LogP contribution in [0.5, 0.6) is 17.2 Å². The van der Waals surface area contributed by atoms with E-state index in [9.17, 15) is 9.59 Å². The molecule has 0 radical (unpaired) electrons. The quantitative estimate of drug-likeness (QED) is 0.278. The number of allylic oxidation sites excluding steroid dienone is 1. The minimum atomic E-state index is -0.738. The zero-order chi connectivity index (χ0) is 29.0. The molecule has 0 amide bonds. The molecule has 0 unspecified atom stereocenters. The number of esters is 1. The summed E-state index contributed by atoms with van der Waals surface area (Å²) in [6, 6.07) is 9.94. The first-order valence-corrected chi connectivity index (χ1v) is 13.8. The summed E-state index contributed by atoms with van der Waals surface area (Å²) in [4.78, 5) is 32.2. The molecule has 0 bridgehead atoms. The third-order valence-electron chi connectivity index (χ3n) is 5.94. The molecule has 1 aliphatic rings. The van der Waals surface area contributed by atoms with Crippen molar-refractivity contribution in [3.05, 3.63) is 83.5 Å². The zero-order valence-corrected chi connectivity index (χ0v) is 24.4. The van der Waals surface area contributed by atoms with Crippen molar-refractivity contribution in [1.29, 1.82) is 0 Å². The van der Waals surface area contributed by atoms with Crippen LogP contribution in [0.4, 0.5) is 0 Å². The molecule has 3 aromatic rings. The molecule has 2 heterocycles. The summed E-state index contributed by atoms with van der Waals surface area (Å²) in [5.74, 6) is 3.26. The molecule has 0 aliphatic carbocycles. The van der Waals surface area contributed by atoms with Gasteiger partial charge in [0.1, 0.15) is 12.4 Å². The number of thiazole rings is 1. The van der Waals surface area contributed by atoms with Crippen molar-refractivity contribution in [2.75, 3.05) is 20.3 Å². The van der Waals surface area contributed by atoms with Crippen molar-refractivity contribution in [1.82, 2.24) is 4.57 Å². The van der Waals surface area contributed by atoms with E-state index in [4.69, 9.17) is 37.0 Å². The Labute approximate surface area is 241 Å². The molecule has 0 N–H and O–H groups in total. The van der Waals surface area contributed by atoms with Gasteiger partial charge in [0.05, 0.1) is 46.7 Å². The monoisotopic (exact) mass is 580 g/mol. The van der Waals surface area contributed by atoms with E-state index in [2.05, 4.69) is 10.9 Å². The molecule has 0 fully saturated rings. The van der Waals surface area contributed by atoms with Gasteiger partial charge in [-0.25, -0.2) is 9.79 Å². The van der Waals surface area contributed by atoms with Gasteiger partial charge in [0.2, 0.25) is 0 Å². The van der Waals surface area contributed by atoms with Crippen LogP contribution in [-0.2, 0) is 9.53 Å². The molecule has 1 aliphatic heterocycles. The topological polar surface area (TPSA) is 88.4 Å². The van der Waals surface area contributed by atoms with Gasteiger partial charge in [-0.3, -0.25) is 9.36 Å². The van der Waals surface area contributed by atoms with Gasteiger partial charge in [-0.05, 0) is 69.2 Å². The summed E-state index contributed by atoms with van der Waals surface area (Å²) >= 11 is 7.66. The number of methoxy groups -OCH3 is 1. The van der Waals surface area contributed by atoms with E-state index in [1.54, 1.807) is 39.0 Å². The van der Waals surface area contributed by atoms with Crippen LogP contribution in [0.25, 0.3) is 6.08 Å². The van der Waals surface area contributed by atoms with Gasteiger partial charge in [0.15, 0.2) is 16.3 Å². The van der Waals surface area contributed by atoms with Crippen LogP contribution < -0.4 is 29.1 Å². The van der Waals surface area contributed by atoms with Crippen LogP contribution in [0.3, 0.4) is 0 Å². The summed E-state index contributed by atoms with van der Waals surface area (Å²) in [5, 5.41) is 0.287. The number of aromatic nitrogens is 1. The second kappa shape index (κ2) is 12.5. The summed E-state index contributed by atoms with van der Waals surface area (Å²) in [5.41, 5.74) is 1.81. The van der Waals surface area contributed by atoms with Gasteiger partial charge in [-0.2, -0.15) is 0 Å². The van der Waals surface area contributed by atoms with Crippen LogP contribution in [-0.4, -0.2) is 37.0 Å². The van der Waals surface area contributed by atoms with Gasteiger partial charge in [0, 0.05) is 0 Å². The number of hydrogen-bond acceptors (Lipinski definition) is 8. The molecule has 208 valence electrons. The van der Waals surface area contributed by atoms with Crippen LogP contribution in [0.2, 0.25) is 5.02 Å². The Morgan fingerprint density at radius 3 is 2.60 bits per heavy atom. The number of terminal acetylenes is 1. The maximum absolute atomic E-state index is 13.9. The maximum atomic E-state index is 13.9. The first-order valence-electron chi connectivity index (χ1n) is 12.6. The van der Waals surface area contributed by atoms with Crippen molar-refractivity contribution < 1.29 is 23.7 Å². The fraction of sp³-hybridized carbons (Fsp3) is 0.300. The van der Waals surface area contributed by atoms with E-state index < -0.39 is 12.0 Å². The first kappa shape index (κ1) is 29.0. The third-order valence-corrected chi connectivity index (χ3v) is 7.20. The lowest BCUT2D eigenvalue weighted by atomic mass is 9.96. The standard InChI is InChI=1S/C30H29ClN2O6S/c1-7-13-38-27-22(31)14-19(15-23(27)36-6)16-24-28(34)33-26(20-9-11-21(12-10-20)37-8-2)25(29(35)39-17(3)4)18(5)32-30(33)40-24/h1,9-12,14-17,26H,8,13H2,2-6H3/b24-16+/t26-/m0/s1. The summed E-state index contributed by atoms with van der Waals surface area (Å²) in [6.45, 7) is 7.74. The van der Waals surface area contributed by atoms with Gasteiger partial charge in [-0.1, -0.05) is 41.0 Å². The molecule has 1 aromatic heterocycles. The number of halogens is 1. The van der Waals surface area contributed by atoms with E-state index >= 15 is 0 Å². The Morgan fingerprint density at radius 2 is 1.98 bits per heavy atom. The molecule has 2 aromatic carbocycles. The zero-order valence-electron chi connectivity index (χ0n) is 22.8. The molecule has 4 rings (SSSR count). The fourth-order valence-corrected chi connectivity index (χ4v) is 5.64. The Hall–Kier alpha value is -4.00. The Morgan fingerprint density at radius 1 is 1.25 bits per heavy atom. The predicted octanol–water partition coefficient (Wildman–Crippen LogP) is 4.26. The molecular weight excluding hydrogens is 552 g/mol. The second-order valence-corrected chi connectivity index (χ2v) is 10.5. The highest BCUT2D eigenvalue weighted by Crippen LogP contribution is 2.37. The van der Waals surface area contributed by atoms with Crippen LogP contribution in [0.15, 0.2) is 57.5 Å². The van der Waals surface area contributed by atoms with Crippen LogP contribution in [0, 0.1) is 12.3 Å².